The van der Waals surface area contributed by atoms with Crippen molar-refractivity contribution in [3.63, 3.8) is 0 Å². The zero-order valence-corrected chi connectivity index (χ0v) is 9.71. The number of carbonyl (C=O) groups is 1. The topological polar surface area (TPSA) is 92.5 Å². The summed E-state index contributed by atoms with van der Waals surface area (Å²) >= 11 is 0. The van der Waals surface area contributed by atoms with Crippen LogP contribution in [0.25, 0.3) is 0 Å². The van der Waals surface area contributed by atoms with Crippen LogP contribution in [0.5, 0.6) is 5.75 Å². The van der Waals surface area contributed by atoms with Gasteiger partial charge in [0.1, 0.15) is 11.3 Å². The third-order valence-electron chi connectivity index (χ3n) is 2.22. The number of phenolic OH excluding ortho intramolecular Hbond substituents is 1. The fraction of sp³-hybridized carbons (Fsp3) is 0.250. The van der Waals surface area contributed by atoms with Crippen LogP contribution in [0.2, 0.25) is 0 Å². The average Bonchev–Trinajstić information content (AvgIpc) is 2.28. The number of aromatic hydroxyl groups is 1. The van der Waals surface area contributed by atoms with E-state index < -0.39 is 10.8 Å². The van der Waals surface area contributed by atoms with Crippen LogP contribution in [0.1, 0.15) is 23.7 Å². The van der Waals surface area contributed by atoms with Crippen molar-refractivity contribution >= 4 is 11.6 Å². The molecule has 0 spiro atoms. The molecule has 0 aliphatic heterocycles. The summed E-state index contributed by atoms with van der Waals surface area (Å²) < 4.78 is 0. The molecule has 6 nitrogen and oxygen atoms in total. The highest BCUT2D eigenvalue weighted by atomic mass is 16.6. The minimum absolute atomic E-state index is 0.191. The van der Waals surface area contributed by atoms with Gasteiger partial charge < -0.3 is 10.4 Å². The first kappa shape index (κ1) is 13.5. The maximum absolute atomic E-state index is 11.8. The molecule has 2 N–H and O–H groups in total. The average molecular weight is 248 g/mol. The lowest BCUT2D eigenvalue weighted by Gasteiger charge is -2.11. The van der Waals surface area contributed by atoms with Crippen LogP contribution in [0.3, 0.4) is 0 Å². The summed E-state index contributed by atoms with van der Waals surface area (Å²) in [6.07, 6.45) is 5.41. The number of benzene rings is 1. The third kappa shape index (κ3) is 3.22. The summed E-state index contributed by atoms with van der Waals surface area (Å²) in [5.74, 6) is 1.52. The molecule has 6 heteroatoms. The standard InChI is InChI=1S/C12H12N2O4/c1-3-4-8(2)13-12(16)10-7-9(15)5-6-11(10)14(17)18/h1,5-8,15H,4H2,2H3,(H,13,16). The van der Waals surface area contributed by atoms with Crippen LogP contribution in [-0.2, 0) is 0 Å². The second-order valence-corrected chi connectivity index (χ2v) is 3.74. The number of phenols is 1. The first-order valence-corrected chi connectivity index (χ1v) is 5.17. The van der Waals surface area contributed by atoms with E-state index in [1.807, 2.05) is 0 Å². The van der Waals surface area contributed by atoms with Gasteiger partial charge in [-0.15, -0.1) is 12.3 Å². The maximum atomic E-state index is 11.8. The van der Waals surface area contributed by atoms with E-state index in [9.17, 15) is 20.0 Å². The van der Waals surface area contributed by atoms with E-state index in [4.69, 9.17) is 6.42 Å². The molecule has 0 fully saturated rings. The fourth-order valence-corrected chi connectivity index (χ4v) is 1.39. The molecule has 0 aromatic heterocycles. The lowest BCUT2D eigenvalue weighted by Crippen LogP contribution is -2.32. The zero-order valence-electron chi connectivity index (χ0n) is 9.71. The van der Waals surface area contributed by atoms with Gasteiger partial charge in [-0.25, -0.2) is 0 Å². The molecule has 1 amide bonds. The van der Waals surface area contributed by atoms with E-state index in [1.165, 1.54) is 0 Å². The minimum atomic E-state index is -0.680. The predicted octanol–water partition coefficient (Wildman–Crippen LogP) is 1.44. The van der Waals surface area contributed by atoms with Gasteiger partial charge in [0.05, 0.1) is 4.92 Å². The molecule has 94 valence electrons. The molecule has 1 atom stereocenters. The quantitative estimate of drug-likeness (QED) is 0.479. The Morgan fingerprint density at radius 3 is 2.89 bits per heavy atom. The van der Waals surface area contributed by atoms with Crippen molar-refractivity contribution in [3.05, 3.63) is 33.9 Å². The highest BCUT2D eigenvalue weighted by molar-refractivity contribution is 5.98. The van der Waals surface area contributed by atoms with Crippen molar-refractivity contribution in [1.82, 2.24) is 5.32 Å². The van der Waals surface area contributed by atoms with Crippen molar-refractivity contribution in [2.24, 2.45) is 0 Å². The van der Waals surface area contributed by atoms with E-state index in [0.717, 1.165) is 18.2 Å². The van der Waals surface area contributed by atoms with Gasteiger partial charge in [-0.3, -0.25) is 14.9 Å². The van der Waals surface area contributed by atoms with E-state index in [1.54, 1.807) is 6.92 Å². The first-order valence-electron chi connectivity index (χ1n) is 5.17. The van der Waals surface area contributed by atoms with Gasteiger partial charge in [-0.1, -0.05) is 0 Å². The summed E-state index contributed by atoms with van der Waals surface area (Å²) in [6, 6.07) is 2.98. The van der Waals surface area contributed by atoms with Gasteiger partial charge in [-0.2, -0.15) is 0 Å². The number of carbonyl (C=O) groups excluding carboxylic acids is 1. The molecule has 1 unspecified atom stereocenters. The number of nitrogens with zero attached hydrogens (tertiary/aromatic N) is 1. The Kier molecular flexibility index (Phi) is 4.27. The predicted molar refractivity (Wildman–Crippen MR) is 65.1 cm³/mol. The second-order valence-electron chi connectivity index (χ2n) is 3.74. The van der Waals surface area contributed by atoms with Crippen molar-refractivity contribution in [3.8, 4) is 18.1 Å². The van der Waals surface area contributed by atoms with Gasteiger partial charge in [0.25, 0.3) is 11.6 Å². The van der Waals surface area contributed by atoms with Crippen molar-refractivity contribution in [1.29, 1.82) is 0 Å². The third-order valence-corrected chi connectivity index (χ3v) is 2.22. The summed E-state index contributed by atoms with van der Waals surface area (Å²) in [5.41, 5.74) is -0.554. The van der Waals surface area contributed by atoms with Crippen molar-refractivity contribution in [2.45, 2.75) is 19.4 Å². The summed E-state index contributed by atoms with van der Waals surface area (Å²) in [6.45, 7) is 1.69. The van der Waals surface area contributed by atoms with E-state index >= 15 is 0 Å². The maximum Gasteiger partial charge on any atom is 0.282 e. The molecule has 0 saturated heterocycles. The number of hydrogen-bond donors (Lipinski definition) is 2. The number of hydrogen-bond acceptors (Lipinski definition) is 4. The summed E-state index contributed by atoms with van der Waals surface area (Å²) in [5, 5.41) is 22.6. The first-order chi connectivity index (χ1) is 8.45. The molecular formula is C12H12N2O4. The largest absolute Gasteiger partial charge is 0.508 e. The van der Waals surface area contributed by atoms with Crippen LogP contribution >= 0.6 is 0 Å². The SMILES string of the molecule is C#CCC(C)NC(=O)c1cc(O)ccc1[N+](=O)[O-]. The van der Waals surface area contributed by atoms with E-state index in [0.29, 0.717) is 6.42 Å². The van der Waals surface area contributed by atoms with Crippen LogP contribution < -0.4 is 5.32 Å². The molecule has 1 rings (SSSR count). The van der Waals surface area contributed by atoms with Crippen molar-refractivity contribution < 1.29 is 14.8 Å². The fourth-order valence-electron chi connectivity index (χ4n) is 1.39. The lowest BCUT2D eigenvalue weighted by atomic mass is 10.1. The van der Waals surface area contributed by atoms with Crippen molar-refractivity contribution in [2.75, 3.05) is 0 Å². The van der Waals surface area contributed by atoms with Crippen LogP contribution in [0, 0.1) is 22.5 Å². The Labute approximate surface area is 104 Å². The molecule has 1 aromatic rings. The molecular weight excluding hydrogens is 236 g/mol. The highest BCUT2D eigenvalue weighted by Crippen LogP contribution is 2.23. The number of nitro benzene ring substituents is 1. The minimum Gasteiger partial charge on any atom is -0.508 e. The van der Waals surface area contributed by atoms with Gasteiger partial charge in [0.2, 0.25) is 0 Å². The van der Waals surface area contributed by atoms with E-state index in [-0.39, 0.29) is 23.0 Å². The molecule has 0 bridgehead atoms. The second kappa shape index (κ2) is 5.68. The Morgan fingerprint density at radius 2 is 2.33 bits per heavy atom. The Balaban J connectivity index is 3.01. The number of amides is 1. The van der Waals surface area contributed by atoms with Crippen LogP contribution in [-0.4, -0.2) is 22.0 Å². The molecule has 18 heavy (non-hydrogen) atoms. The number of nitro groups is 1. The zero-order chi connectivity index (χ0) is 13.7. The molecule has 0 aliphatic rings. The highest BCUT2D eigenvalue weighted by Gasteiger charge is 2.21. The summed E-state index contributed by atoms with van der Waals surface area (Å²) in [7, 11) is 0. The Hall–Kier alpha value is -2.55. The summed E-state index contributed by atoms with van der Waals surface area (Å²) in [4.78, 5) is 21.9. The van der Waals surface area contributed by atoms with E-state index in [2.05, 4.69) is 11.2 Å². The van der Waals surface area contributed by atoms with Crippen LogP contribution in [0.4, 0.5) is 5.69 Å². The van der Waals surface area contributed by atoms with Gasteiger partial charge in [0.15, 0.2) is 0 Å². The van der Waals surface area contributed by atoms with Gasteiger partial charge in [0, 0.05) is 18.5 Å². The molecule has 0 radical (unpaired) electrons. The normalized spacial score (nSPS) is 11.3. The van der Waals surface area contributed by atoms with Crippen LogP contribution in [0.15, 0.2) is 18.2 Å². The number of nitrogens with one attached hydrogen (secondary N) is 1. The molecule has 1 aromatic carbocycles. The Morgan fingerprint density at radius 1 is 1.67 bits per heavy atom. The van der Waals surface area contributed by atoms with Gasteiger partial charge in [-0.05, 0) is 19.1 Å². The number of rotatable bonds is 4. The molecule has 0 heterocycles. The molecule has 0 aliphatic carbocycles. The molecule has 0 saturated carbocycles. The Bertz CT molecular complexity index is 519. The van der Waals surface area contributed by atoms with Gasteiger partial charge >= 0.3 is 0 Å². The lowest BCUT2D eigenvalue weighted by molar-refractivity contribution is -0.385. The monoisotopic (exact) mass is 248 g/mol. The smallest absolute Gasteiger partial charge is 0.282 e. The number of terminal acetylenes is 1.